The third-order valence-electron chi connectivity index (χ3n) is 4.54. The van der Waals surface area contributed by atoms with E-state index in [4.69, 9.17) is 27.9 Å². The molecule has 1 aliphatic heterocycles. The van der Waals surface area contributed by atoms with Gasteiger partial charge < -0.3 is 14.5 Å². The van der Waals surface area contributed by atoms with Gasteiger partial charge in [0.05, 0.1) is 9.90 Å². The summed E-state index contributed by atoms with van der Waals surface area (Å²) in [4.78, 5) is 25.5. The zero-order valence-electron chi connectivity index (χ0n) is 15.6. The summed E-state index contributed by atoms with van der Waals surface area (Å²) < 4.78 is 6.80. The van der Waals surface area contributed by atoms with Crippen molar-refractivity contribution in [1.82, 2.24) is 14.9 Å². The molecule has 3 aromatic rings. The lowest BCUT2D eigenvalue weighted by molar-refractivity contribution is 0.0747. The average molecular weight is 449 g/mol. The van der Waals surface area contributed by atoms with E-state index < -0.39 is 0 Å². The van der Waals surface area contributed by atoms with Gasteiger partial charge in [-0.25, -0.2) is 4.98 Å². The summed E-state index contributed by atoms with van der Waals surface area (Å²) in [6, 6.07) is 13.0. The first kappa shape index (κ1) is 19.9. The predicted octanol–water partition coefficient (Wildman–Crippen LogP) is 4.91. The molecule has 0 N–H and O–H groups in total. The van der Waals surface area contributed by atoms with E-state index >= 15 is 0 Å². The first-order valence-corrected chi connectivity index (χ1v) is 10.6. The number of carbonyl (C=O) groups excluding carboxylic acids is 1. The van der Waals surface area contributed by atoms with Gasteiger partial charge in [0.25, 0.3) is 5.91 Å². The van der Waals surface area contributed by atoms with Gasteiger partial charge in [-0.2, -0.15) is 4.98 Å². The molecular formula is C20H18Cl2N4O2S. The number of para-hydroxylation sites is 1. The fourth-order valence-electron chi connectivity index (χ4n) is 3.14. The number of hydrogen-bond donors (Lipinski definition) is 0. The Balaban J connectivity index is 1.44. The molecule has 0 saturated carbocycles. The summed E-state index contributed by atoms with van der Waals surface area (Å²) in [6.07, 6.45) is 0. The number of nitrogens with zero attached hydrogens (tertiary/aromatic N) is 4. The largest absolute Gasteiger partial charge is 0.439 e. The maximum Gasteiger partial charge on any atom is 0.256 e. The summed E-state index contributed by atoms with van der Waals surface area (Å²) in [6.45, 7) is 4.29. The number of anilines is 1. The quantitative estimate of drug-likeness (QED) is 0.567. The van der Waals surface area contributed by atoms with E-state index in [-0.39, 0.29) is 5.91 Å². The SMILES string of the molecule is Cc1nc(Oc2ccccc2)cc(N2CCN(C(=O)c3cc(Cl)sc3Cl)CC2)n1. The van der Waals surface area contributed by atoms with E-state index in [1.165, 1.54) is 11.3 Å². The molecule has 1 aliphatic rings. The lowest BCUT2D eigenvalue weighted by atomic mass is 10.2. The maximum absolute atomic E-state index is 12.7. The van der Waals surface area contributed by atoms with Crippen molar-refractivity contribution in [3.63, 3.8) is 0 Å². The van der Waals surface area contributed by atoms with Gasteiger partial charge in [-0.3, -0.25) is 4.79 Å². The molecule has 2 aromatic heterocycles. The zero-order chi connectivity index (χ0) is 20.4. The summed E-state index contributed by atoms with van der Waals surface area (Å²) >= 11 is 13.3. The number of rotatable bonds is 4. The molecule has 1 saturated heterocycles. The van der Waals surface area contributed by atoms with E-state index in [0.29, 0.717) is 52.1 Å². The van der Waals surface area contributed by atoms with Crippen LogP contribution in [0.25, 0.3) is 0 Å². The first-order valence-electron chi connectivity index (χ1n) is 9.07. The van der Waals surface area contributed by atoms with Crippen LogP contribution in [0.2, 0.25) is 8.67 Å². The number of amides is 1. The highest BCUT2D eigenvalue weighted by Crippen LogP contribution is 2.32. The van der Waals surface area contributed by atoms with Crippen LogP contribution in [0.15, 0.2) is 42.5 Å². The van der Waals surface area contributed by atoms with E-state index in [1.807, 2.05) is 43.3 Å². The molecule has 1 amide bonds. The number of aromatic nitrogens is 2. The van der Waals surface area contributed by atoms with Crippen molar-refractivity contribution >= 4 is 46.3 Å². The minimum atomic E-state index is -0.0928. The van der Waals surface area contributed by atoms with Crippen LogP contribution in [0.1, 0.15) is 16.2 Å². The summed E-state index contributed by atoms with van der Waals surface area (Å²) in [5.74, 6) is 2.54. The van der Waals surface area contributed by atoms with Crippen molar-refractivity contribution in [3.05, 3.63) is 62.5 Å². The predicted molar refractivity (Wildman–Crippen MR) is 116 cm³/mol. The third-order valence-corrected chi connectivity index (χ3v) is 6.03. The number of benzene rings is 1. The van der Waals surface area contributed by atoms with Crippen molar-refractivity contribution in [1.29, 1.82) is 0 Å². The number of hydrogen-bond acceptors (Lipinski definition) is 6. The Morgan fingerprint density at radius 2 is 1.79 bits per heavy atom. The van der Waals surface area contributed by atoms with Gasteiger partial charge in [-0.1, -0.05) is 41.4 Å². The zero-order valence-corrected chi connectivity index (χ0v) is 18.0. The van der Waals surface area contributed by atoms with E-state index in [1.54, 1.807) is 11.0 Å². The Labute approximate surface area is 182 Å². The number of carbonyl (C=O) groups is 1. The second-order valence-corrected chi connectivity index (χ2v) is 8.83. The van der Waals surface area contributed by atoms with Crippen LogP contribution >= 0.6 is 34.5 Å². The van der Waals surface area contributed by atoms with Gasteiger partial charge in [0.2, 0.25) is 5.88 Å². The monoisotopic (exact) mass is 448 g/mol. The molecule has 4 rings (SSSR count). The standard InChI is InChI=1S/C20H18Cl2N4O2S/c1-13-23-17(12-18(24-13)28-14-5-3-2-4-6-14)25-7-9-26(10-8-25)20(27)15-11-16(21)29-19(15)22/h2-6,11-12H,7-10H2,1H3. The summed E-state index contributed by atoms with van der Waals surface area (Å²) in [7, 11) is 0. The van der Waals surface area contributed by atoms with Gasteiger partial charge >= 0.3 is 0 Å². The number of ether oxygens (including phenoxy) is 1. The molecule has 6 nitrogen and oxygen atoms in total. The van der Waals surface area contributed by atoms with Gasteiger partial charge in [0, 0.05) is 32.2 Å². The smallest absolute Gasteiger partial charge is 0.256 e. The highest BCUT2D eigenvalue weighted by atomic mass is 35.5. The molecule has 0 atom stereocenters. The van der Waals surface area contributed by atoms with Crippen LogP contribution in [0.3, 0.4) is 0 Å². The molecular weight excluding hydrogens is 431 g/mol. The average Bonchev–Trinajstić information content (AvgIpc) is 3.06. The second kappa shape index (κ2) is 8.57. The lowest BCUT2D eigenvalue weighted by Crippen LogP contribution is -2.49. The van der Waals surface area contributed by atoms with Crippen molar-refractivity contribution in [2.75, 3.05) is 31.1 Å². The second-order valence-electron chi connectivity index (χ2n) is 6.54. The van der Waals surface area contributed by atoms with Crippen LogP contribution < -0.4 is 9.64 Å². The molecule has 29 heavy (non-hydrogen) atoms. The number of thiophene rings is 1. The molecule has 0 unspecified atom stereocenters. The van der Waals surface area contributed by atoms with E-state index in [2.05, 4.69) is 14.9 Å². The number of halogens is 2. The van der Waals surface area contributed by atoms with E-state index in [9.17, 15) is 4.79 Å². The van der Waals surface area contributed by atoms with Gasteiger partial charge in [0.15, 0.2) is 0 Å². The van der Waals surface area contributed by atoms with Crippen molar-refractivity contribution in [3.8, 4) is 11.6 Å². The molecule has 150 valence electrons. The van der Waals surface area contributed by atoms with Crippen molar-refractivity contribution in [2.45, 2.75) is 6.92 Å². The topological polar surface area (TPSA) is 58.6 Å². The minimum absolute atomic E-state index is 0.0928. The molecule has 9 heteroatoms. The molecule has 3 heterocycles. The highest BCUT2D eigenvalue weighted by Gasteiger charge is 2.26. The Morgan fingerprint density at radius 1 is 1.07 bits per heavy atom. The summed E-state index contributed by atoms with van der Waals surface area (Å²) in [5, 5.41) is 0. The van der Waals surface area contributed by atoms with Crippen LogP contribution in [0, 0.1) is 6.92 Å². The highest BCUT2D eigenvalue weighted by molar-refractivity contribution is 7.20. The lowest BCUT2D eigenvalue weighted by Gasteiger charge is -2.35. The van der Waals surface area contributed by atoms with Crippen LogP contribution in [0.4, 0.5) is 5.82 Å². The minimum Gasteiger partial charge on any atom is -0.439 e. The number of aryl methyl sites for hydroxylation is 1. The van der Waals surface area contributed by atoms with Gasteiger partial charge in [0.1, 0.15) is 21.7 Å². The fourth-order valence-corrected chi connectivity index (χ4v) is 4.59. The Bertz CT molecular complexity index is 1020. The Morgan fingerprint density at radius 3 is 2.45 bits per heavy atom. The van der Waals surface area contributed by atoms with Crippen molar-refractivity contribution < 1.29 is 9.53 Å². The molecule has 1 aromatic carbocycles. The molecule has 0 bridgehead atoms. The Kier molecular flexibility index (Phi) is 5.89. The van der Waals surface area contributed by atoms with Gasteiger partial charge in [-0.15, -0.1) is 11.3 Å². The molecule has 0 spiro atoms. The third kappa shape index (κ3) is 4.63. The number of piperazine rings is 1. The fraction of sp³-hybridized carbons (Fsp3) is 0.250. The van der Waals surface area contributed by atoms with E-state index in [0.717, 1.165) is 11.6 Å². The molecule has 1 fully saturated rings. The molecule has 0 aliphatic carbocycles. The van der Waals surface area contributed by atoms with Gasteiger partial charge in [-0.05, 0) is 25.1 Å². The maximum atomic E-state index is 12.7. The van der Waals surface area contributed by atoms with Crippen LogP contribution in [-0.2, 0) is 0 Å². The Hall–Kier alpha value is -2.35. The molecule has 0 radical (unpaired) electrons. The van der Waals surface area contributed by atoms with Crippen LogP contribution in [0.5, 0.6) is 11.6 Å². The van der Waals surface area contributed by atoms with Crippen molar-refractivity contribution in [2.24, 2.45) is 0 Å². The normalized spacial score (nSPS) is 14.2. The van der Waals surface area contributed by atoms with Crippen LogP contribution in [-0.4, -0.2) is 47.0 Å². The summed E-state index contributed by atoms with van der Waals surface area (Å²) in [5.41, 5.74) is 0.464. The first-order chi connectivity index (χ1) is 14.0.